The van der Waals surface area contributed by atoms with Crippen LogP contribution in [0.2, 0.25) is 0 Å². The highest BCUT2D eigenvalue weighted by Gasteiger charge is 2.27. The lowest BCUT2D eigenvalue weighted by atomic mass is 10.1. The number of nitrogens with one attached hydrogen (secondary N) is 1. The fraction of sp³-hybridized carbons (Fsp3) is 0.600. The molecule has 23 heavy (non-hydrogen) atoms. The zero-order valence-electron chi connectivity index (χ0n) is 13.3. The Kier molecular flexibility index (Phi) is 4.57. The van der Waals surface area contributed by atoms with Crippen molar-refractivity contribution in [1.82, 2.24) is 14.1 Å². The molecule has 126 valence electrons. The van der Waals surface area contributed by atoms with E-state index in [4.69, 9.17) is 0 Å². The van der Waals surface area contributed by atoms with Crippen LogP contribution in [0.15, 0.2) is 15.9 Å². The van der Waals surface area contributed by atoms with Crippen LogP contribution >= 0.6 is 11.3 Å². The first-order valence-corrected chi connectivity index (χ1v) is 10.2. The van der Waals surface area contributed by atoms with Crippen LogP contribution < -0.4 is 10.3 Å². The molecule has 6 nitrogen and oxygen atoms in total. The lowest BCUT2D eigenvalue weighted by Gasteiger charge is -2.16. The summed E-state index contributed by atoms with van der Waals surface area (Å²) in [6, 6.07) is -0.0915. The second kappa shape index (κ2) is 6.33. The van der Waals surface area contributed by atoms with E-state index >= 15 is 0 Å². The summed E-state index contributed by atoms with van der Waals surface area (Å²) >= 11 is 1.37. The SMILES string of the molecule is Cc1cn2c(=O)c(S(=O)(=O)NC3CCCCCC3)c(C)nc2s1. The summed E-state index contributed by atoms with van der Waals surface area (Å²) in [6.45, 7) is 3.45. The van der Waals surface area contributed by atoms with E-state index in [0.29, 0.717) is 4.96 Å². The van der Waals surface area contributed by atoms with Gasteiger partial charge in [0.05, 0.1) is 5.69 Å². The molecule has 0 spiro atoms. The van der Waals surface area contributed by atoms with Crippen molar-refractivity contribution in [2.24, 2.45) is 0 Å². The number of nitrogens with zero attached hydrogens (tertiary/aromatic N) is 2. The van der Waals surface area contributed by atoms with E-state index in [9.17, 15) is 13.2 Å². The standard InChI is InChI=1S/C15H21N3O3S2/c1-10-9-18-14(19)13(11(2)16-15(18)22-10)23(20,21)17-12-7-5-3-4-6-8-12/h9,12,17H,3-8H2,1-2H3. The third-order valence-electron chi connectivity index (χ3n) is 4.22. The largest absolute Gasteiger partial charge is 0.279 e. The molecule has 2 aromatic rings. The average molecular weight is 355 g/mol. The molecule has 1 aliphatic rings. The lowest BCUT2D eigenvalue weighted by molar-refractivity contribution is 0.508. The highest BCUT2D eigenvalue weighted by Crippen LogP contribution is 2.20. The van der Waals surface area contributed by atoms with E-state index in [1.807, 2.05) is 6.92 Å². The number of sulfonamides is 1. The summed E-state index contributed by atoms with van der Waals surface area (Å²) in [6.07, 6.45) is 7.61. The maximum atomic E-state index is 12.7. The van der Waals surface area contributed by atoms with Crippen LogP contribution in [-0.2, 0) is 10.0 Å². The van der Waals surface area contributed by atoms with E-state index in [1.165, 1.54) is 15.7 Å². The molecule has 3 rings (SSSR count). The molecule has 1 aliphatic carbocycles. The Labute approximate surface area is 139 Å². The normalized spacial score (nSPS) is 17.5. The predicted octanol–water partition coefficient (Wildman–Crippen LogP) is 2.37. The highest BCUT2D eigenvalue weighted by molar-refractivity contribution is 7.89. The van der Waals surface area contributed by atoms with E-state index in [1.54, 1.807) is 13.1 Å². The van der Waals surface area contributed by atoms with Gasteiger partial charge in [0.15, 0.2) is 9.86 Å². The topological polar surface area (TPSA) is 80.5 Å². The van der Waals surface area contributed by atoms with Crippen molar-refractivity contribution in [3.63, 3.8) is 0 Å². The second-order valence-corrected chi connectivity index (χ2v) is 9.00. The number of thiazole rings is 1. The molecule has 2 aromatic heterocycles. The van der Waals surface area contributed by atoms with Gasteiger partial charge in [0, 0.05) is 17.1 Å². The molecule has 0 amide bonds. The molecule has 2 heterocycles. The number of fused-ring (bicyclic) bond motifs is 1. The highest BCUT2D eigenvalue weighted by atomic mass is 32.2. The summed E-state index contributed by atoms with van der Waals surface area (Å²) in [5.74, 6) is 0. The first-order valence-electron chi connectivity index (χ1n) is 7.90. The fourth-order valence-corrected chi connectivity index (χ4v) is 5.54. The van der Waals surface area contributed by atoms with Crippen LogP contribution in [0.4, 0.5) is 0 Å². The molecular weight excluding hydrogens is 334 g/mol. The van der Waals surface area contributed by atoms with Crippen molar-refractivity contribution < 1.29 is 8.42 Å². The minimum Gasteiger partial charge on any atom is -0.267 e. The molecule has 0 atom stereocenters. The van der Waals surface area contributed by atoms with Gasteiger partial charge >= 0.3 is 0 Å². The molecule has 0 saturated heterocycles. The molecule has 1 saturated carbocycles. The Morgan fingerprint density at radius 1 is 1.22 bits per heavy atom. The maximum absolute atomic E-state index is 12.7. The monoisotopic (exact) mass is 355 g/mol. The first kappa shape index (κ1) is 16.6. The van der Waals surface area contributed by atoms with Gasteiger partial charge in [0.2, 0.25) is 10.0 Å². The van der Waals surface area contributed by atoms with Gasteiger partial charge in [-0.1, -0.05) is 25.7 Å². The van der Waals surface area contributed by atoms with Gasteiger partial charge in [-0.25, -0.2) is 18.1 Å². The zero-order chi connectivity index (χ0) is 16.6. The van der Waals surface area contributed by atoms with Gasteiger partial charge in [-0.3, -0.25) is 9.20 Å². The number of aryl methyl sites for hydroxylation is 2. The molecule has 1 fully saturated rings. The fourth-order valence-electron chi connectivity index (χ4n) is 3.12. The molecule has 0 aliphatic heterocycles. The molecule has 0 radical (unpaired) electrons. The van der Waals surface area contributed by atoms with Crippen molar-refractivity contribution in [1.29, 1.82) is 0 Å². The van der Waals surface area contributed by atoms with Crippen LogP contribution in [0.1, 0.15) is 49.1 Å². The average Bonchev–Trinajstić information content (AvgIpc) is 2.66. The Balaban J connectivity index is 2.02. The first-order chi connectivity index (χ1) is 10.9. The van der Waals surface area contributed by atoms with Crippen molar-refractivity contribution in [2.75, 3.05) is 0 Å². The Bertz CT molecular complexity index is 875. The lowest BCUT2D eigenvalue weighted by Crippen LogP contribution is -2.38. The van der Waals surface area contributed by atoms with Crippen molar-refractivity contribution >= 4 is 26.3 Å². The quantitative estimate of drug-likeness (QED) is 0.857. The Morgan fingerprint density at radius 2 is 1.87 bits per heavy atom. The van der Waals surface area contributed by atoms with Gasteiger partial charge in [-0.15, -0.1) is 11.3 Å². The van der Waals surface area contributed by atoms with Gasteiger partial charge in [0.1, 0.15) is 0 Å². The number of rotatable bonds is 3. The Morgan fingerprint density at radius 3 is 2.52 bits per heavy atom. The van der Waals surface area contributed by atoms with Gasteiger partial charge in [0.25, 0.3) is 5.56 Å². The summed E-state index contributed by atoms with van der Waals surface area (Å²) in [7, 11) is -3.86. The van der Waals surface area contributed by atoms with E-state index in [-0.39, 0.29) is 16.6 Å². The van der Waals surface area contributed by atoms with Crippen LogP contribution in [0.5, 0.6) is 0 Å². The van der Waals surface area contributed by atoms with Crippen LogP contribution in [-0.4, -0.2) is 23.8 Å². The van der Waals surface area contributed by atoms with Crippen LogP contribution in [0.3, 0.4) is 0 Å². The van der Waals surface area contributed by atoms with E-state index in [0.717, 1.165) is 43.4 Å². The summed E-state index contributed by atoms with van der Waals surface area (Å²) < 4.78 is 29.5. The smallest absolute Gasteiger partial charge is 0.267 e. The molecule has 0 unspecified atom stereocenters. The third-order valence-corrected chi connectivity index (χ3v) is 6.77. The van der Waals surface area contributed by atoms with Crippen LogP contribution in [0, 0.1) is 13.8 Å². The number of aromatic nitrogens is 2. The summed E-state index contributed by atoms with van der Waals surface area (Å²) in [5, 5.41) is 0. The minimum absolute atomic E-state index is 0.0915. The zero-order valence-corrected chi connectivity index (χ0v) is 15.0. The molecule has 0 aromatic carbocycles. The minimum atomic E-state index is -3.86. The molecular formula is C15H21N3O3S2. The van der Waals surface area contributed by atoms with Crippen LogP contribution in [0.25, 0.3) is 4.96 Å². The van der Waals surface area contributed by atoms with Crippen molar-refractivity contribution in [2.45, 2.75) is 63.3 Å². The van der Waals surface area contributed by atoms with E-state index < -0.39 is 15.6 Å². The third kappa shape index (κ3) is 3.34. The van der Waals surface area contributed by atoms with Crippen molar-refractivity contribution in [3.8, 4) is 0 Å². The van der Waals surface area contributed by atoms with Gasteiger partial charge in [-0.2, -0.15) is 0 Å². The molecule has 0 bridgehead atoms. The molecule has 1 N–H and O–H groups in total. The Hall–Kier alpha value is -1.25. The van der Waals surface area contributed by atoms with Gasteiger partial charge in [-0.05, 0) is 26.7 Å². The summed E-state index contributed by atoms with van der Waals surface area (Å²) in [5.41, 5.74) is -0.254. The predicted molar refractivity (Wildman–Crippen MR) is 90.6 cm³/mol. The number of hydrogen-bond acceptors (Lipinski definition) is 5. The number of hydrogen-bond donors (Lipinski definition) is 1. The van der Waals surface area contributed by atoms with E-state index in [2.05, 4.69) is 9.71 Å². The molecule has 8 heteroatoms. The van der Waals surface area contributed by atoms with Crippen molar-refractivity contribution in [3.05, 3.63) is 27.1 Å². The van der Waals surface area contributed by atoms with Gasteiger partial charge < -0.3 is 0 Å². The maximum Gasteiger partial charge on any atom is 0.279 e. The summed E-state index contributed by atoms with van der Waals surface area (Å²) in [4.78, 5) is 18.1. The second-order valence-electron chi connectivity index (χ2n) is 6.14.